The zero-order valence-corrected chi connectivity index (χ0v) is 10.4. The number of nitrogens with one attached hydrogen (secondary N) is 1. The molecule has 4 nitrogen and oxygen atoms in total. The summed E-state index contributed by atoms with van der Waals surface area (Å²) >= 11 is 0. The van der Waals surface area contributed by atoms with E-state index >= 15 is 0 Å². The molecule has 17 heavy (non-hydrogen) atoms. The lowest BCUT2D eigenvalue weighted by atomic mass is 10.2. The van der Waals surface area contributed by atoms with Gasteiger partial charge in [0.05, 0.1) is 24.1 Å². The third-order valence-electron chi connectivity index (χ3n) is 2.46. The van der Waals surface area contributed by atoms with E-state index in [1.54, 1.807) is 6.08 Å². The van der Waals surface area contributed by atoms with Crippen molar-refractivity contribution in [1.29, 1.82) is 0 Å². The molecule has 0 aliphatic carbocycles. The maximum atomic E-state index is 11.3. The highest BCUT2D eigenvalue weighted by Crippen LogP contribution is 2.25. The third-order valence-corrected chi connectivity index (χ3v) is 3.85. The average Bonchev–Trinajstić information content (AvgIpc) is 2.61. The third kappa shape index (κ3) is 3.00. The number of para-hydroxylation sites is 2. The van der Waals surface area contributed by atoms with Gasteiger partial charge >= 0.3 is 0 Å². The van der Waals surface area contributed by atoms with Crippen LogP contribution in [0.25, 0.3) is 0 Å². The lowest BCUT2D eigenvalue weighted by Crippen LogP contribution is -2.21. The molecule has 0 radical (unpaired) electrons. The summed E-state index contributed by atoms with van der Waals surface area (Å²) in [5.74, 6) is 0.848. The van der Waals surface area contributed by atoms with Gasteiger partial charge in [-0.1, -0.05) is 18.2 Å². The van der Waals surface area contributed by atoms with Crippen LogP contribution >= 0.6 is 0 Å². The minimum absolute atomic E-state index is 0.105. The summed E-state index contributed by atoms with van der Waals surface area (Å²) in [6.07, 6.45) is 1.66. The van der Waals surface area contributed by atoms with Gasteiger partial charge in [-0.25, -0.2) is 8.42 Å². The standard InChI is InChI=1S/C12H15NO3S/c1-2-16-12-6-4-3-5-11(12)13-10-7-8-17(14,15)9-10/h3-8,10,13H,2,9H2,1H3/t10-/m0/s1. The first kappa shape index (κ1) is 12.0. The molecule has 1 aromatic rings. The van der Waals surface area contributed by atoms with Crippen LogP contribution in [0.4, 0.5) is 5.69 Å². The minimum atomic E-state index is -3.02. The molecule has 1 aliphatic heterocycles. The molecule has 0 spiro atoms. The molecule has 0 amide bonds. The number of hydrogen-bond donors (Lipinski definition) is 1. The van der Waals surface area contributed by atoms with Crippen molar-refractivity contribution in [2.45, 2.75) is 13.0 Å². The minimum Gasteiger partial charge on any atom is -0.492 e. The van der Waals surface area contributed by atoms with Crippen LogP contribution in [0.2, 0.25) is 0 Å². The van der Waals surface area contributed by atoms with E-state index in [-0.39, 0.29) is 11.8 Å². The van der Waals surface area contributed by atoms with E-state index in [4.69, 9.17) is 4.74 Å². The number of hydrogen-bond acceptors (Lipinski definition) is 4. The second-order valence-corrected chi connectivity index (χ2v) is 5.77. The van der Waals surface area contributed by atoms with Crippen LogP contribution in [0, 0.1) is 0 Å². The van der Waals surface area contributed by atoms with Gasteiger partial charge in [0.2, 0.25) is 0 Å². The van der Waals surface area contributed by atoms with Gasteiger partial charge in [0.15, 0.2) is 9.84 Å². The maximum absolute atomic E-state index is 11.3. The quantitative estimate of drug-likeness (QED) is 0.889. The van der Waals surface area contributed by atoms with E-state index in [0.717, 1.165) is 11.4 Å². The Morgan fingerprint density at radius 1 is 1.41 bits per heavy atom. The van der Waals surface area contributed by atoms with Crippen molar-refractivity contribution in [2.24, 2.45) is 0 Å². The number of rotatable bonds is 4. The molecular formula is C12H15NO3S. The first-order valence-corrected chi connectivity index (χ1v) is 7.21. The number of ether oxygens (including phenoxy) is 1. The molecule has 5 heteroatoms. The molecular weight excluding hydrogens is 238 g/mol. The number of anilines is 1. The van der Waals surface area contributed by atoms with E-state index in [1.165, 1.54) is 5.41 Å². The van der Waals surface area contributed by atoms with E-state index in [9.17, 15) is 8.42 Å². The Labute approximate surface area is 101 Å². The van der Waals surface area contributed by atoms with Crippen molar-refractivity contribution in [3.8, 4) is 5.75 Å². The van der Waals surface area contributed by atoms with Crippen molar-refractivity contribution in [2.75, 3.05) is 17.7 Å². The fourth-order valence-corrected chi connectivity index (χ4v) is 2.97. The van der Waals surface area contributed by atoms with E-state index in [2.05, 4.69) is 5.32 Å². The molecule has 0 unspecified atom stereocenters. The highest BCUT2D eigenvalue weighted by molar-refractivity contribution is 7.94. The second kappa shape index (κ2) is 4.79. The van der Waals surface area contributed by atoms with Gasteiger partial charge in [-0.15, -0.1) is 0 Å². The number of benzene rings is 1. The largest absolute Gasteiger partial charge is 0.492 e. The molecule has 0 fully saturated rings. The van der Waals surface area contributed by atoms with Crippen LogP contribution in [0.15, 0.2) is 35.7 Å². The van der Waals surface area contributed by atoms with E-state index < -0.39 is 9.84 Å². The van der Waals surface area contributed by atoms with Gasteiger partial charge in [0.1, 0.15) is 5.75 Å². The van der Waals surface area contributed by atoms with E-state index in [1.807, 2.05) is 31.2 Å². The normalized spacial score (nSPS) is 21.4. The summed E-state index contributed by atoms with van der Waals surface area (Å²) in [6, 6.07) is 7.33. The Hall–Kier alpha value is -1.49. The van der Waals surface area contributed by atoms with Gasteiger partial charge < -0.3 is 10.1 Å². The summed E-state index contributed by atoms with van der Waals surface area (Å²) < 4.78 is 28.0. The van der Waals surface area contributed by atoms with Crippen molar-refractivity contribution in [3.63, 3.8) is 0 Å². The Balaban J connectivity index is 2.12. The summed E-state index contributed by atoms with van der Waals surface area (Å²) in [6.45, 7) is 2.49. The second-order valence-electron chi connectivity index (χ2n) is 3.84. The van der Waals surface area contributed by atoms with Crippen LogP contribution in [-0.2, 0) is 9.84 Å². The van der Waals surface area contributed by atoms with Gasteiger partial charge in [0.25, 0.3) is 0 Å². The van der Waals surface area contributed by atoms with Gasteiger partial charge in [0, 0.05) is 5.41 Å². The topological polar surface area (TPSA) is 55.4 Å². The summed E-state index contributed by atoms with van der Waals surface area (Å²) in [7, 11) is -3.02. The zero-order valence-electron chi connectivity index (χ0n) is 9.59. The van der Waals surface area contributed by atoms with Crippen molar-refractivity contribution in [1.82, 2.24) is 0 Å². The fraction of sp³-hybridized carbons (Fsp3) is 0.333. The molecule has 1 aromatic carbocycles. The van der Waals surface area contributed by atoms with Crippen LogP contribution in [0.3, 0.4) is 0 Å². The van der Waals surface area contributed by atoms with Crippen molar-refractivity contribution >= 4 is 15.5 Å². The molecule has 0 aromatic heterocycles. The fourth-order valence-electron chi connectivity index (χ4n) is 1.73. The monoisotopic (exact) mass is 253 g/mol. The van der Waals surface area contributed by atoms with Crippen LogP contribution in [0.5, 0.6) is 5.75 Å². The Kier molecular flexibility index (Phi) is 3.38. The first-order chi connectivity index (χ1) is 8.11. The van der Waals surface area contributed by atoms with E-state index in [0.29, 0.717) is 6.61 Å². The first-order valence-electron chi connectivity index (χ1n) is 5.50. The predicted molar refractivity (Wildman–Crippen MR) is 67.9 cm³/mol. The Morgan fingerprint density at radius 2 is 2.18 bits per heavy atom. The SMILES string of the molecule is CCOc1ccccc1N[C@H]1C=CS(=O)(=O)C1. The smallest absolute Gasteiger partial charge is 0.173 e. The number of sulfone groups is 1. The Morgan fingerprint density at radius 3 is 2.82 bits per heavy atom. The molecule has 92 valence electrons. The molecule has 1 N–H and O–H groups in total. The molecule has 0 saturated carbocycles. The summed E-state index contributed by atoms with van der Waals surface area (Å²) in [5.41, 5.74) is 0.820. The molecule has 1 atom stereocenters. The highest BCUT2D eigenvalue weighted by Gasteiger charge is 2.22. The Bertz CT molecular complexity index is 522. The van der Waals surface area contributed by atoms with Gasteiger partial charge in [-0.2, -0.15) is 0 Å². The van der Waals surface area contributed by atoms with Crippen molar-refractivity contribution in [3.05, 3.63) is 35.7 Å². The summed E-state index contributed by atoms with van der Waals surface area (Å²) in [4.78, 5) is 0. The molecule has 2 rings (SSSR count). The highest BCUT2D eigenvalue weighted by atomic mass is 32.2. The molecule has 1 heterocycles. The molecule has 0 saturated heterocycles. The lowest BCUT2D eigenvalue weighted by Gasteiger charge is -2.15. The summed E-state index contributed by atoms with van der Waals surface area (Å²) in [5, 5.41) is 4.42. The van der Waals surface area contributed by atoms with Gasteiger partial charge in [-0.05, 0) is 19.1 Å². The molecule has 1 aliphatic rings. The molecule has 0 bridgehead atoms. The van der Waals surface area contributed by atoms with Gasteiger partial charge in [-0.3, -0.25) is 0 Å². The zero-order chi connectivity index (χ0) is 12.3. The van der Waals surface area contributed by atoms with Crippen LogP contribution < -0.4 is 10.1 Å². The average molecular weight is 253 g/mol. The maximum Gasteiger partial charge on any atom is 0.173 e. The lowest BCUT2D eigenvalue weighted by molar-refractivity contribution is 0.341. The predicted octanol–water partition coefficient (Wildman–Crippen LogP) is 1.81. The van der Waals surface area contributed by atoms with Crippen LogP contribution in [0.1, 0.15) is 6.92 Å². The van der Waals surface area contributed by atoms with Crippen molar-refractivity contribution < 1.29 is 13.2 Å². The van der Waals surface area contributed by atoms with Crippen LogP contribution in [-0.4, -0.2) is 26.8 Å².